The van der Waals surface area contributed by atoms with Crippen molar-refractivity contribution in [2.75, 3.05) is 0 Å². The van der Waals surface area contributed by atoms with E-state index in [4.69, 9.17) is 0 Å². The van der Waals surface area contributed by atoms with Crippen molar-refractivity contribution >= 4 is 0 Å². The molecule has 0 saturated heterocycles. The largest absolute Gasteiger partial charge is 1.00 e. The predicted octanol–water partition coefficient (Wildman–Crippen LogP) is 0.451. The first-order valence-corrected chi connectivity index (χ1v) is 0.642. The van der Waals surface area contributed by atoms with Crippen molar-refractivity contribution < 1.29 is 22.4 Å². The topological polar surface area (TPSA) is 0 Å². The predicted molar refractivity (Wildman–Crippen MR) is 14.2 cm³/mol. The van der Waals surface area contributed by atoms with Crippen LogP contribution in [0.5, 0.6) is 0 Å². The fourth-order valence-electron chi connectivity index (χ4n) is 0. The fourth-order valence-corrected chi connectivity index (χ4v) is 0. The second-order valence-corrected chi connectivity index (χ2v) is 0.204. The Labute approximate surface area is 42.1 Å². The molecule has 0 atom stereocenters. The maximum atomic E-state index is 4.49. The minimum atomic E-state index is 0. The Morgan fingerprint density at radius 3 is 1.75 bits per heavy atom. The molecule has 0 fully saturated rings. The SMILES string of the molecule is C#C[CH2-].[Au+]. The van der Waals surface area contributed by atoms with Gasteiger partial charge in [0, 0.05) is 0 Å². The number of hydrogen-bond acceptors (Lipinski definition) is 0. The number of hydrogen-bond donors (Lipinski definition) is 0. The summed E-state index contributed by atoms with van der Waals surface area (Å²) in [5, 5.41) is 0. The molecule has 0 N–H and O–H groups in total. The second-order valence-electron chi connectivity index (χ2n) is 0.204. The molecule has 1 heteroatoms. The number of terminal acetylenes is 1. The van der Waals surface area contributed by atoms with Gasteiger partial charge in [-0.2, -0.15) is 6.92 Å². The normalized spacial score (nSPS) is 1.75. The standard InChI is InChI=1S/C3H3.Au/c1-3-2;/h1H,2H2;/q-1;+1. The summed E-state index contributed by atoms with van der Waals surface area (Å²) in [4.78, 5) is 0. The summed E-state index contributed by atoms with van der Waals surface area (Å²) in [7, 11) is 0. The summed E-state index contributed by atoms with van der Waals surface area (Å²) in [6.07, 6.45) is 4.49. The molecule has 0 bridgehead atoms. The average molecular weight is 236 g/mol. The minimum Gasteiger partial charge on any atom is -0.345 e. The quantitative estimate of drug-likeness (QED) is 0.325. The Hall–Kier alpha value is 0.170. The van der Waals surface area contributed by atoms with Crippen LogP contribution in [0.15, 0.2) is 0 Å². The first-order valence-electron chi connectivity index (χ1n) is 0.642. The molecule has 0 spiro atoms. The molecule has 0 aliphatic heterocycles. The summed E-state index contributed by atoms with van der Waals surface area (Å²) in [6, 6.07) is 0. The molecule has 0 aromatic carbocycles. The van der Waals surface area contributed by atoms with Crippen LogP contribution >= 0.6 is 0 Å². The van der Waals surface area contributed by atoms with Gasteiger partial charge < -0.3 is 12.3 Å². The molecule has 0 aromatic rings. The van der Waals surface area contributed by atoms with Gasteiger partial charge in [0.2, 0.25) is 0 Å². The van der Waals surface area contributed by atoms with Crippen LogP contribution in [0.1, 0.15) is 0 Å². The van der Waals surface area contributed by atoms with E-state index in [9.17, 15) is 0 Å². The zero-order chi connectivity index (χ0) is 2.71. The second kappa shape index (κ2) is 10.9. The van der Waals surface area contributed by atoms with Crippen molar-refractivity contribution in [3.8, 4) is 12.3 Å². The van der Waals surface area contributed by atoms with Crippen molar-refractivity contribution in [3.05, 3.63) is 6.92 Å². The molecule has 0 amide bonds. The van der Waals surface area contributed by atoms with Crippen LogP contribution < -0.4 is 0 Å². The van der Waals surface area contributed by atoms with Gasteiger partial charge in [-0.15, -0.1) is 0 Å². The van der Waals surface area contributed by atoms with Gasteiger partial charge in [-0.05, 0) is 0 Å². The molecule has 26 valence electrons. The molecular weight excluding hydrogens is 233 g/mol. The van der Waals surface area contributed by atoms with E-state index < -0.39 is 0 Å². The molecule has 0 rings (SSSR count). The van der Waals surface area contributed by atoms with Crippen LogP contribution in [-0.4, -0.2) is 0 Å². The van der Waals surface area contributed by atoms with Crippen LogP contribution in [0.3, 0.4) is 0 Å². The molecule has 0 nitrogen and oxygen atoms in total. The summed E-state index contributed by atoms with van der Waals surface area (Å²) in [6.45, 7) is 3.01. The Morgan fingerprint density at radius 2 is 1.75 bits per heavy atom. The van der Waals surface area contributed by atoms with Crippen LogP contribution in [0.25, 0.3) is 0 Å². The smallest absolute Gasteiger partial charge is 0.345 e. The zero-order valence-corrected chi connectivity index (χ0v) is 4.25. The van der Waals surface area contributed by atoms with Gasteiger partial charge in [-0.25, -0.2) is 0 Å². The van der Waals surface area contributed by atoms with E-state index in [1.165, 1.54) is 0 Å². The van der Waals surface area contributed by atoms with Gasteiger partial charge in [0.05, 0.1) is 0 Å². The van der Waals surface area contributed by atoms with Crippen molar-refractivity contribution in [2.24, 2.45) is 0 Å². The molecule has 0 aliphatic rings. The third-order valence-corrected chi connectivity index (χ3v) is 0. The van der Waals surface area contributed by atoms with Crippen LogP contribution in [0, 0.1) is 19.3 Å². The van der Waals surface area contributed by atoms with E-state index in [0.29, 0.717) is 0 Å². The Kier molecular flexibility index (Phi) is 24.3. The van der Waals surface area contributed by atoms with Crippen molar-refractivity contribution in [1.82, 2.24) is 0 Å². The first-order chi connectivity index (χ1) is 1.41. The molecule has 0 aromatic heterocycles. The minimum absolute atomic E-state index is 0. The zero-order valence-electron chi connectivity index (χ0n) is 2.09. The van der Waals surface area contributed by atoms with E-state index in [-0.39, 0.29) is 22.4 Å². The summed E-state index contributed by atoms with van der Waals surface area (Å²) in [5.41, 5.74) is 0. The van der Waals surface area contributed by atoms with Crippen molar-refractivity contribution in [3.63, 3.8) is 0 Å². The third kappa shape index (κ3) is 103. The van der Waals surface area contributed by atoms with E-state index in [1.54, 1.807) is 0 Å². The van der Waals surface area contributed by atoms with Crippen LogP contribution in [0.4, 0.5) is 0 Å². The molecular formula is C3H3Au. The monoisotopic (exact) mass is 236 g/mol. The first kappa shape index (κ1) is 8.90. The van der Waals surface area contributed by atoms with E-state index in [2.05, 4.69) is 13.3 Å². The van der Waals surface area contributed by atoms with Crippen LogP contribution in [-0.2, 0) is 22.4 Å². The van der Waals surface area contributed by atoms with Crippen molar-refractivity contribution in [1.29, 1.82) is 0 Å². The fraction of sp³-hybridized carbons (Fsp3) is 0. The Morgan fingerprint density at radius 1 is 1.75 bits per heavy atom. The van der Waals surface area contributed by atoms with Gasteiger partial charge in [0.15, 0.2) is 0 Å². The maximum Gasteiger partial charge on any atom is 1.00 e. The molecule has 4 heavy (non-hydrogen) atoms. The Balaban J connectivity index is 0. The van der Waals surface area contributed by atoms with E-state index >= 15 is 0 Å². The van der Waals surface area contributed by atoms with Gasteiger partial charge in [-0.3, -0.25) is 0 Å². The van der Waals surface area contributed by atoms with E-state index in [1.807, 2.05) is 5.92 Å². The summed E-state index contributed by atoms with van der Waals surface area (Å²) >= 11 is 0. The Bertz CT molecular complexity index is 24.8. The van der Waals surface area contributed by atoms with Crippen molar-refractivity contribution in [2.45, 2.75) is 0 Å². The molecule has 0 heterocycles. The number of rotatable bonds is 0. The molecule has 0 saturated carbocycles. The maximum absolute atomic E-state index is 4.49. The van der Waals surface area contributed by atoms with Gasteiger partial charge >= 0.3 is 22.4 Å². The molecule has 0 radical (unpaired) electrons. The van der Waals surface area contributed by atoms with Gasteiger partial charge in [0.1, 0.15) is 0 Å². The van der Waals surface area contributed by atoms with Gasteiger partial charge in [0.25, 0.3) is 0 Å². The van der Waals surface area contributed by atoms with Crippen LogP contribution in [0.2, 0.25) is 0 Å². The third-order valence-electron chi connectivity index (χ3n) is 0. The summed E-state index contributed by atoms with van der Waals surface area (Å²) in [5.74, 6) is 2.00. The van der Waals surface area contributed by atoms with E-state index in [0.717, 1.165) is 0 Å². The summed E-state index contributed by atoms with van der Waals surface area (Å²) < 4.78 is 0. The van der Waals surface area contributed by atoms with Gasteiger partial charge in [-0.1, -0.05) is 0 Å². The molecule has 0 unspecified atom stereocenters. The average Bonchev–Trinajstić information content (AvgIpc) is 0.918. The molecule has 0 aliphatic carbocycles.